The second kappa shape index (κ2) is 16.2. The molecule has 4 nitrogen and oxygen atoms in total. The van der Waals surface area contributed by atoms with E-state index in [2.05, 4.69) is 12.7 Å². The van der Waals surface area contributed by atoms with Crippen molar-refractivity contribution in [1.29, 1.82) is 0 Å². The van der Waals surface area contributed by atoms with E-state index in [-0.39, 0.29) is 13.0 Å². The molecule has 0 aliphatic heterocycles. The normalized spacial score (nSPS) is 8.18. The van der Waals surface area contributed by atoms with Gasteiger partial charge in [0.15, 0.2) is 0 Å². The van der Waals surface area contributed by atoms with Gasteiger partial charge in [0.1, 0.15) is 0 Å². The van der Waals surface area contributed by atoms with Gasteiger partial charge in [0.25, 0.3) is 0 Å². The number of unbranched alkanes of at least 4 members (excludes halogenated alkanes) is 1. The van der Waals surface area contributed by atoms with Crippen LogP contribution < -0.4 is 5.73 Å². The molecule has 0 aliphatic carbocycles. The highest BCUT2D eigenvalue weighted by atomic mass is 16.5. The summed E-state index contributed by atoms with van der Waals surface area (Å²) in [5, 5.41) is 8.24. The first kappa shape index (κ1) is 13.0. The number of ether oxygens (including phenoxy) is 1. The number of amides is 1. The Balaban J connectivity index is 0. The largest absolute Gasteiger partial charge is 0.394 e. The number of aliphatic hydroxyl groups excluding tert-OH is 1. The molecule has 0 rings (SSSR count). The second-order valence-electron chi connectivity index (χ2n) is 1.83. The van der Waals surface area contributed by atoms with E-state index in [9.17, 15) is 0 Å². The van der Waals surface area contributed by atoms with Crippen molar-refractivity contribution in [1.82, 2.24) is 0 Å². The van der Waals surface area contributed by atoms with Gasteiger partial charge in [-0.25, -0.2) is 0 Å². The van der Waals surface area contributed by atoms with E-state index in [1.54, 1.807) is 0 Å². The molecule has 0 saturated carbocycles. The number of rotatable bonds is 5. The number of hydrogen-bond donors (Lipinski definition) is 2. The van der Waals surface area contributed by atoms with Crippen molar-refractivity contribution >= 4 is 6.41 Å². The quantitative estimate of drug-likeness (QED) is 0.439. The molecule has 68 valence electrons. The molecule has 1 amide bonds. The standard InChI is InChI=1S/C6H14O2.CH3NO/c1-2-3-5-8-6-4-7;2-1-3/h7H,2-6H2,1H3;1H,(H2,2,3). The van der Waals surface area contributed by atoms with E-state index >= 15 is 0 Å². The fraction of sp³-hybridized carbons (Fsp3) is 0.857. The zero-order valence-electron chi connectivity index (χ0n) is 6.95. The monoisotopic (exact) mass is 163 g/mol. The maximum atomic E-state index is 8.58. The van der Waals surface area contributed by atoms with Crippen molar-refractivity contribution < 1.29 is 14.6 Å². The molecule has 0 radical (unpaired) electrons. The minimum Gasteiger partial charge on any atom is -0.394 e. The van der Waals surface area contributed by atoms with Crippen LogP contribution in [0.15, 0.2) is 0 Å². The van der Waals surface area contributed by atoms with Crippen molar-refractivity contribution in [3.63, 3.8) is 0 Å². The fourth-order valence-electron chi connectivity index (χ4n) is 0.413. The maximum absolute atomic E-state index is 8.58. The third kappa shape index (κ3) is 26.6. The Morgan fingerprint density at radius 1 is 1.55 bits per heavy atom. The molecule has 0 aromatic rings. The molecule has 0 aliphatic rings. The molecular weight excluding hydrogens is 146 g/mol. The molecule has 0 aromatic carbocycles. The Kier molecular flexibility index (Phi) is 19.2. The summed E-state index contributed by atoms with van der Waals surface area (Å²) in [6.45, 7) is 3.53. The summed E-state index contributed by atoms with van der Waals surface area (Å²) in [5.74, 6) is 0. The Bertz CT molecular complexity index is 62.7. The van der Waals surface area contributed by atoms with Crippen LogP contribution in [-0.4, -0.2) is 31.3 Å². The predicted molar refractivity (Wildman–Crippen MR) is 43.1 cm³/mol. The van der Waals surface area contributed by atoms with E-state index in [0.717, 1.165) is 19.4 Å². The topological polar surface area (TPSA) is 72.6 Å². The van der Waals surface area contributed by atoms with Crippen LogP contribution >= 0.6 is 0 Å². The Morgan fingerprint density at radius 3 is 2.45 bits per heavy atom. The fourth-order valence-corrected chi connectivity index (χ4v) is 0.413. The smallest absolute Gasteiger partial charge is 0.204 e. The van der Waals surface area contributed by atoms with Crippen LogP contribution in [-0.2, 0) is 9.53 Å². The molecule has 0 spiro atoms. The van der Waals surface area contributed by atoms with Gasteiger partial charge in [-0.15, -0.1) is 0 Å². The van der Waals surface area contributed by atoms with Gasteiger partial charge < -0.3 is 15.6 Å². The van der Waals surface area contributed by atoms with Gasteiger partial charge in [0, 0.05) is 6.61 Å². The highest BCUT2D eigenvalue weighted by Gasteiger charge is 1.82. The molecule has 0 bridgehead atoms. The van der Waals surface area contributed by atoms with Crippen molar-refractivity contribution in [2.75, 3.05) is 19.8 Å². The summed E-state index contributed by atoms with van der Waals surface area (Å²) in [5.41, 5.74) is 4.17. The Labute approximate surface area is 67.3 Å². The first-order valence-corrected chi connectivity index (χ1v) is 3.67. The summed E-state index contributed by atoms with van der Waals surface area (Å²) in [6.07, 6.45) is 2.51. The van der Waals surface area contributed by atoms with Crippen LogP contribution in [0.5, 0.6) is 0 Å². The summed E-state index contributed by atoms with van der Waals surface area (Å²) < 4.78 is 4.97. The maximum Gasteiger partial charge on any atom is 0.204 e. The highest BCUT2D eigenvalue weighted by molar-refractivity contribution is 5.42. The van der Waals surface area contributed by atoms with Gasteiger partial charge in [-0.05, 0) is 6.42 Å². The van der Waals surface area contributed by atoms with Crippen LogP contribution in [0.1, 0.15) is 19.8 Å². The number of carbonyl (C=O) groups excluding carboxylic acids is 1. The van der Waals surface area contributed by atoms with Crippen LogP contribution in [0.25, 0.3) is 0 Å². The van der Waals surface area contributed by atoms with Crippen LogP contribution in [0.4, 0.5) is 0 Å². The van der Waals surface area contributed by atoms with E-state index < -0.39 is 0 Å². The zero-order valence-corrected chi connectivity index (χ0v) is 6.95. The van der Waals surface area contributed by atoms with E-state index in [1.807, 2.05) is 0 Å². The van der Waals surface area contributed by atoms with Crippen molar-refractivity contribution in [3.05, 3.63) is 0 Å². The summed E-state index contributed by atoms with van der Waals surface area (Å²) in [4.78, 5) is 8.58. The molecule has 3 N–H and O–H groups in total. The lowest BCUT2D eigenvalue weighted by atomic mass is 10.4. The van der Waals surface area contributed by atoms with Gasteiger partial charge in [-0.2, -0.15) is 0 Å². The van der Waals surface area contributed by atoms with Gasteiger partial charge in [0.05, 0.1) is 13.2 Å². The van der Waals surface area contributed by atoms with Crippen LogP contribution in [0.2, 0.25) is 0 Å². The molecule has 0 unspecified atom stereocenters. The third-order valence-electron chi connectivity index (χ3n) is 0.878. The molecule has 11 heavy (non-hydrogen) atoms. The molecule has 0 fully saturated rings. The van der Waals surface area contributed by atoms with Gasteiger partial charge in [-0.3, -0.25) is 4.79 Å². The molecule has 0 atom stereocenters. The van der Waals surface area contributed by atoms with Crippen molar-refractivity contribution in [2.45, 2.75) is 19.8 Å². The predicted octanol–water partition coefficient (Wildman–Crippen LogP) is -0.103. The van der Waals surface area contributed by atoms with Gasteiger partial charge in [0.2, 0.25) is 6.41 Å². The average molecular weight is 163 g/mol. The number of nitrogens with two attached hydrogens (primary N) is 1. The SMILES string of the molecule is CCCCOCCO.NC=O. The lowest BCUT2D eigenvalue weighted by Gasteiger charge is -1.97. The second-order valence-corrected chi connectivity index (χ2v) is 1.83. The molecular formula is C7H17NO3. The Hall–Kier alpha value is -0.610. The molecule has 0 heterocycles. The van der Waals surface area contributed by atoms with E-state index in [0.29, 0.717) is 6.61 Å². The van der Waals surface area contributed by atoms with Crippen molar-refractivity contribution in [3.8, 4) is 0 Å². The van der Waals surface area contributed by atoms with Crippen molar-refractivity contribution in [2.24, 2.45) is 5.73 Å². The molecule has 0 saturated heterocycles. The lowest BCUT2D eigenvalue weighted by molar-refractivity contribution is -0.106. The number of primary amides is 1. The van der Waals surface area contributed by atoms with Gasteiger partial charge in [-0.1, -0.05) is 13.3 Å². The highest BCUT2D eigenvalue weighted by Crippen LogP contribution is 1.85. The third-order valence-corrected chi connectivity index (χ3v) is 0.878. The van der Waals surface area contributed by atoms with E-state index in [1.165, 1.54) is 0 Å². The van der Waals surface area contributed by atoms with Gasteiger partial charge >= 0.3 is 0 Å². The van der Waals surface area contributed by atoms with Crippen LogP contribution in [0.3, 0.4) is 0 Å². The van der Waals surface area contributed by atoms with Crippen LogP contribution in [0, 0.1) is 0 Å². The zero-order chi connectivity index (χ0) is 8.95. The minimum absolute atomic E-state index is 0.143. The first-order valence-electron chi connectivity index (χ1n) is 3.67. The lowest BCUT2D eigenvalue weighted by Crippen LogP contribution is -1.99. The first-order chi connectivity index (χ1) is 5.33. The Morgan fingerprint density at radius 2 is 2.09 bits per heavy atom. The molecule has 0 aromatic heterocycles. The van der Waals surface area contributed by atoms with E-state index in [4.69, 9.17) is 14.6 Å². The summed E-state index contributed by atoms with van der Waals surface area (Å²) >= 11 is 0. The average Bonchev–Trinajstić information content (AvgIpc) is 2.00. The number of aliphatic hydroxyl groups is 1. The molecule has 4 heteroatoms. The minimum atomic E-state index is 0.143. The summed E-state index contributed by atoms with van der Waals surface area (Å²) in [7, 11) is 0. The number of hydrogen-bond acceptors (Lipinski definition) is 3. The number of carbonyl (C=O) groups is 1. The summed E-state index contributed by atoms with van der Waals surface area (Å²) in [6, 6.07) is 0.